The van der Waals surface area contributed by atoms with E-state index in [4.69, 9.17) is 16.7 Å². The Morgan fingerprint density at radius 2 is 2.25 bits per heavy atom. The topological polar surface area (TPSA) is 32.3 Å². The van der Waals surface area contributed by atoms with Gasteiger partial charge in [-0.05, 0) is 25.0 Å². The number of benzene rings is 1. The van der Waals surface area contributed by atoms with Gasteiger partial charge in [0.05, 0.1) is 0 Å². The van der Waals surface area contributed by atoms with Gasteiger partial charge in [-0.3, -0.25) is 0 Å². The molecule has 0 bridgehead atoms. The van der Waals surface area contributed by atoms with E-state index in [0.717, 1.165) is 6.42 Å². The van der Waals surface area contributed by atoms with Gasteiger partial charge in [0.15, 0.2) is 0 Å². The first-order valence-electron chi connectivity index (χ1n) is 5.45. The molecule has 4 heteroatoms. The smallest absolute Gasteiger partial charge is 0.129 e. The lowest BCUT2D eigenvalue weighted by atomic mass is 10.1. The quantitative estimate of drug-likeness (QED) is 0.808. The Hall–Kier alpha value is -0.640. The van der Waals surface area contributed by atoms with Gasteiger partial charge in [-0.1, -0.05) is 24.6 Å². The molecule has 0 fully saturated rings. The van der Waals surface area contributed by atoms with Crippen molar-refractivity contribution in [2.45, 2.75) is 32.4 Å². The molecule has 0 saturated heterocycles. The molecule has 0 saturated carbocycles. The molecule has 1 aromatic rings. The average molecular weight is 246 g/mol. The molecule has 0 aliphatic carbocycles. The van der Waals surface area contributed by atoms with Crippen LogP contribution in [-0.4, -0.2) is 17.8 Å². The van der Waals surface area contributed by atoms with Crippen LogP contribution in [-0.2, 0) is 6.54 Å². The van der Waals surface area contributed by atoms with Crippen LogP contribution in [0.2, 0.25) is 5.02 Å². The van der Waals surface area contributed by atoms with Crippen molar-refractivity contribution in [2.24, 2.45) is 0 Å². The molecule has 0 unspecified atom stereocenters. The summed E-state index contributed by atoms with van der Waals surface area (Å²) in [6, 6.07) is 4.89. The van der Waals surface area contributed by atoms with E-state index in [1.54, 1.807) is 12.1 Å². The highest BCUT2D eigenvalue weighted by Gasteiger charge is 2.07. The van der Waals surface area contributed by atoms with Crippen molar-refractivity contribution in [1.29, 1.82) is 0 Å². The molecule has 0 aliphatic rings. The molecule has 1 atom stereocenters. The third kappa shape index (κ3) is 4.08. The predicted octanol–water partition coefficient (Wildman–Crippen LogP) is 2.73. The van der Waals surface area contributed by atoms with Crippen LogP contribution in [0.15, 0.2) is 18.2 Å². The van der Waals surface area contributed by atoms with Gasteiger partial charge in [0, 0.05) is 29.8 Å². The third-order valence-corrected chi connectivity index (χ3v) is 2.80. The second-order valence-electron chi connectivity index (χ2n) is 3.73. The second-order valence-corrected chi connectivity index (χ2v) is 4.17. The molecule has 0 heterocycles. The SMILES string of the molecule is CC[C@H](CCO)NCc1ccc(Cl)cc1F. The van der Waals surface area contributed by atoms with Gasteiger partial charge < -0.3 is 10.4 Å². The molecular weight excluding hydrogens is 229 g/mol. The minimum absolute atomic E-state index is 0.147. The first kappa shape index (κ1) is 13.4. The molecule has 0 radical (unpaired) electrons. The van der Waals surface area contributed by atoms with Crippen LogP contribution < -0.4 is 5.32 Å². The first-order valence-corrected chi connectivity index (χ1v) is 5.83. The Bertz CT molecular complexity index is 333. The standard InChI is InChI=1S/C12H17ClFNO/c1-2-11(5-6-16)15-8-9-3-4-10(13)7-12(9)14/h3-4,7,11,15-16H,2,5-6,8H2,1H3/t11-/m1/s1. The fourth-order valence-corrected chi connectivity index (χ4v) is 1.68. The summed E-state index contributed by atoms with van der Waals surface area (Å²) in [4.78, 5) is 0. The van der Waals surface area contributed by atoms with Crippen molar-refractivity contribution in [1.82, 2.24) is 5.32 Å². The Morgan fingerprint density at radius 1 is 1.50 bits per heavy atom. The zero-order chi connectivity index (χ0) is 12.0. The Kier molecular flexibility index (Phi) is 5.74. The maximum atomic E-state index is 13.4. The fourth-order valence-electron chi connectivity index (χ4n) is 1.53. The van der Waals surface area contributed by atoms with Gasteiger partial charge in [-0.15, -0.1) is 0 Å². The van der Waals surface area contributed by atoms with Crippen LogP contribution in [0.25, 0.3) is 0 Å². The number of hydrogen-bond acceptors (Lipinski definition) is 2. The lowest BCUT2D eigenvalue weighted by molar-refractivity contribution is 0.261. The zero-order valence-electron chi connectivity index (χ0n) is 9.34. The predicted molar refractivity (Wildman–Crippen MR) is 64.0 cm³/mol. The van der Waals surface area contributed by atoms with E-state index in [0.29, 0.717) is 23.6 Å². The highest BCUT2D eigenvalue weighted by Crippen LogP contribution is 2.14. The molecule has 90 valence electrons. The zero-order valence-corrected chi connectivity index (χ0v) is 10.1. The monoisotopic (exact) mass is 245 g/mol. The Labute approximate surface area is 100 Å². The molecule has 0 amide bonds. The molecular formula is C12H17ClFNO. The minimum atomic E-state index is -0.293. The number of rotatable bonds is 6. The van der Waals surface area contributed by atoms with Crippen LogP contribution in [0.5, 0.6) is 0 Å². The van der Waals surface area contributed by atoms with Gasteiger partial charge in [0.1, 0.15) is 5.82 Å². The van der Waals surface area contributed by atoms with E-state index in [1.807, 2.05) is 6.92 Å². The van der Waals surface area contributed by atoms with Crippen molar-refractivity contribution in [2.75, 3.05) is 6.61 Å². The Morgan fingerprint density at radius 3 is 2.81 bits per heavy atom. The summed E-state index contributed by atoms with van der Waals surface area (Å²) < 4.78 is 13.4. The van der Waals surface area contributed by atoms with Crippen molar-refractivity contribution in [3.63, 3.8) is 0 Å². The van der Waals surface area contributed by atoms with Gasteiger partial charge in [0.25, 0.3) is 0 Å². The highest BCUT2D eigenvalue weighted by molar-refractivity contribution is 6.30. The lowest BCUT2D eigenvalue weighted by Gasteiger charge is -2.15. The van der Waals surface area contributed by atoms with Gasteiger partial charge in [-0.2, -0.15) is 0 Å². The largest absolute Gasteiger partial charge is 0.396 e. The summed E-state index contributed by atoms with van der Waals surface area (Å²) in [5, 5.41) is 12.4. The second kappa shape index (κ2) is 6.84. The first-order chi connectivity index (χ1) is 7.67. The average Bonchev–Trinajstić information content (AvgIpc) is 2.26. The van der Waals surface area contributed by atoms with Gasteiger partial charge >= 0.3 is 0 Å². The lowest BCUT2D eigenvalue weighted by Crippen LogP contribution is -2.29. The van der Waals surface area contributed by atoms with Crippen LogP contribution >= 0.6 is 11.6 Å². The summed E-state index contributed by atoms with van der Waals surface area (Å²) in [6.07, 6.45) is 1.60. The molecule has 2 nitrogen and oxygen atoms in total. The fraction of sp³-hybridized carbons (Fsp3) is 0.500. The molecule has 1 rings (SSSR count). The summed E-state index contributed by atoms with van der Waals surface area (Å²) in [6.45, 7) is 2.64. The maximum absolute atomic E-state index is 13.4. The van der Waals surface area contributed by atoms with E-state index in [1.165, 1.54) is 6.07 Å². The van der Waals surface area contributed by atoms with Crippen LogP contribution in [0, 0.1) is 5.82 Å². The van der Waals surface area contributed by atoms with Crippen LogP contribution in [0.4, 0.5) is 4.39 Å². The number of nitrogens with one attached hydrogen (secondary N) is 1. The summed E-state index contributed by atoms with van der Waals surface area (Å²) in [5.74, 6) is -0.293. The van der Waals surface area contributed by atoms with Gasteiger partial charge in [0.2, 0.25) is 0 Å². The number of halogens is 2. The van der Waals surface area contributed by atoms with Crippen molar-refractivity contribution >= 4 is 11.6 Å². The maximum Gasteiger partial charge on any atom is 0.129 e. The summed E-state index contributed by atoms with van der Waals surface area (Å²) in [7, 11) is 0. The molecule has 0 spiro atoms. The van der Waals surface area contributed by atoms with E-state index in [9.17, 15) is 4.39 Å². The van der Waals surface area contributed by atoms with Crippen molar-refractivity contribution in [3.05, 3.63) is 34.6 Å². The molecule has 16 heavy (non-hydrogen) atoms. The Balaban J connectivity index is 2.53. The number of hydrogen-bond donors (Lipinski definition) is 2. The van der Waals surface area contributed by atoms with Crippen molar-refractivity contribution in [3.8, 4) is 0 Å². The van der Waals surface area contributed by atoms with E-state index in [2.05, 4.69) is 5.32 Å². The van der Waals surface area contributed by atoms with E-state index < -0.39 is 0 Å². The molecule has 0 aromatic heterocycles. The van der Waals surface area contributed by atoms with Crippen molar-refractivity contribution < 1.29 is 9.50 Å². The molecule has 0 aliphatic heterocycles. The van der Waals surface area contributed by atoms with E-state index >= 15 is 0 Å². The minimum Gasteiger partial charge on any atom is -0.396 e. The number of aliphatic hydroxyl groups is 1. The van der Waals surface area contributed by atoms with E-state index in [-0.39, 0.29) is 18.5 Å². The third-order valence-electron chi connectivity index (χ3n) is 2.57. The highest BCUT2D eigenvalue weighted by atomic mass is 35.5. The summed E-state index contributed by atoms with van der Waals surface area (Å²) in [5.41, 5.74) is 0.598. The van der Waals surface area contributed by atoms with Gasteiger partial charge in [-0.25, -0.2) is 4.39 Å². The van der Waals surface area contributed by atoms with Crippen LogP contribution in [0.1, 0.15) is 25.3 Å². The normalized spacial score (nSPS) is 12.8. The summed E-state index contributed by atoms with van der Waals surface area (Å²) >= 11 is 5.66. The molecule has 2 N–H and O–H groups in total. The molecule has 1 aromatic carbocycles. The van der Waals surface area contributed by atoms with Crippen LogP contribution in [0.3, 0.4) is 0 Å². The number of aliphatic hydroxyl groups excluding tert-OH is 1.